The van der Waals surface area contributed by atoms with Crippen LogP contribution in [0.1, 0.15) is 35.3 Å². The highest BCUT2D eigenvalue weighted by Crippen LogP contribution is 2.29. The average Bonchev–Trinajstić information content (AvgIpc) is 2.79. The molecule has 2 aromatic carbocycles. The van der Waals surface area contributed by atoms with Crippen LogP contribution in [0.2, 0.25) is 0 Å². The lowest BCUT2D eigenvalue weighted by Crippen LogP contribution is -2.38. The Bertz CT molecular complexity index is 1020. The number of carbonyl (C=O) groups is 1. The summed E-state index contributed by atoms with van der Waals surface area (Å²) in [6, 6.07) is 19.5. The van der Waals surface area contributed by atoms with E-state index in [-0.39, 0.29) is 18.5 Å². The molecule has 6 heteroatoms. The third-order valence-corrected chi connectivity index (χ3v) is 5.25. The molecule has 168 valence electrons. The molecule has 0 aliphatic heterocycles. The van der Waals surface area contributed by atoms with Gasteiger partial charge >= 0.3 is 0 Å². The molecule has 6 nitrogen and oxygen atoms in total. The predicted octanol–water partition coefficient (Wildman–Crippen LogP) is 4.29. The first kappa shape index (κ1) is 23.3. The molecule has 32 heavy (non-hydrogen) atoms. The van der Waals surface area contributed by atoms with Crippen molar-refractivity contribution < 1.29 is 14.3 Å². The lowest BCUT2D eigenvalue weighted by atomic mass is 10.1. The molecular formula is C26H31N3O3. The van der Waals surface area contributed by atoms with E-state index in [2.05, 4.69) is 40.3 Å². The number of aromatic nitrogens is 1. The number of carbonyl (C=O) groups excluding carboxylic acids is 1. The molecule has 1 heterocycles. The van der Waals surface area contributed by atoms with Crippen LogP contribution in [-0.4, -0.2) is 36.6 Å². The van der Waals surface area contributed by atoms with Crippen LogP contribution < -0.4 is 14.8 Å². The molecule has 0 aliphatic rings. The van der Waals surface area contributed by atoms with Gasteiger partial charge in [0, 0.05) is 24.8 Å². The molecule has 1 aromatic heterocycles. The van der Waals surface area contributed by atoms with Gasteiger partial charge in [-0.25, -0.2) is 0 Å². The quantitative estimate of drug-likeness (QED) is 0.517. The van der Waals surface area contributed by atoms with E-state index in [0.29, 0.717) is 18.8 Å². The molecule has 1 atom stereocenters. The fourth-order valence-corrected chi connectivity index (χ4v) is 3.70. The van der Waals surface area contributed by atoms with E-state index in [9.17, 15) is 4.79 Å². The maximum atomic E-state index is 13.0. The summed E-state index contributed by atoms with van der Waals surface area (Å²) >= 11 is 0. The van der Waals surface area contributed by atoms with Gasteiger partial charge < -0.3 is 14.8 Å². The molecule has 0 radical (unpaired) electrons. The second-order valence-corrected chi connectivity index (χ2v) is 7.85. The van der Waals surface area contributed by atoms with E-state index in [1.807, 2.05) is 49.4 Å². The van der Waals surface area contributed by atoms with Crippen LogP contribution in [0.25, 0.3) is 0 Å². The number of hydrogen-bond acceptors (Lipinski definition) is 5. The van der Waals surface area contributed by atoms with Crippen LogP contribution in [0, 0.1) is 6.92 Å². The summed E-state index contributed by atoms with van der Waals surface area (Å²) in [5.41, 5.74) is 4.16. The number of pyridine rings is 1. The van der Waals surface area contributed by atoms with E-state index in [1.54, 1.807) is 20.4 Å². The van der Waals surface area contributed by atoms with Crippen LogP contribution in [0.3, 0.4) is 0 Å². The predicted molar refractivity (Wildman–Crippen MR) is 126 cm³/mol. The highest BCUT2D eigenvalue weighted by atomic mass is 16.5. The molecule has 1 unspecified atom stereocenters. The van der Waals surface area contributed by atoms with Crippen LogP contribution in [0.4, 0.5) is 0 Å². The number of nitrogens with zero attached hydrogens (tertiary/aromatic N) is 2. The largest absolute Gasteiger partial charge is 0.497 e. The summed E-state index contributed by atoms with van der Waals surface area (Å²) < 4.78 is 10.8. The molecule has 1 amide bonds. The Morgan fingerprint density at radius 1 is 1.03 bits per heavy atom. The SMILES string of the molecule is COc1ccc(OC)c(C(C)NC(=O)CN(Cc2cccc(C)c2)Cc2ccccn2)c1. The van der Waals surface area contributed by atoms with E-state index >= 15 is 0 Å². The zero-order valence-electron chi connectivity index (χ0n) is 19.2. The molecule has 0 saturated heterocycles. The van der Waals surface area contributed by atoms with Crippen molar-refractivity contribution >= 4 is 5.91 Å². The zero-order valence-corrected chi connectivity index (χ0v) is 19.2. The molecule has 0 bridgehead atoms. The van der Waals surface area contributed by atoms with Crippen molar-refractivity contribution in [1.29, 1.82) is 0 Å². The summed E-state index contributed by atoms with van der Waals surface area (Å²) in [5.74, 6) is 1.37. The average molecular weight is 434 g/mol. The van der Waals surface area contributed by atoms with Crippen molar-refractivity contribution in [1.82, 2.24) is 15.2 Å². The number of hydrogen-bond donors (Lipinski definition) is 1. The molecule has 3 rings (SSSR count). The number of aryl methyl sites for hydroxylation is 1. The van der Waals surface area contributed by atoms with E-state index in [4.69, 9.17) is 9.47 Å². The minimum absolute atomic E-state index is 0.0639. The molecule has 0 aliphatic carbocycles. The van der Waals surface area contributed by atoms with Crippen LogP contribution >= 0.6 is 0 Å². The summed E-state index contributed by atoms with van der Waals surface area (Å²) in [6.07, 6.45) is 1.78. The van der Waals surface area contributed by atoms with Gasteiger partial charge in [0.15, 0.2) is 0 Å². The minimum atomic E-state index is -0.233. The maximum Gasteiger partial charge on any atom is 0.234 e. The summed E-state index contributed by atoms with van der Waals surface area (Å²) in [6.45, 7) is 5.50. The third-order valence-electron chi connectivity index (χ3n) is 5.25. The van der Waals surface area contributed by atoms with Crippen molar-refractivity contribution in [2.24, 2.45) is 0 Å². The van der Waals surface area contributed by atoms with E-state index in [1.165, 1.54) is 5.56 Å². The Morgan fingerprint density at radius 2 is 1.88 bits per heavy atom. The molecule has 3 aromatic rings. The minimum Gasteiger partial charge on any atom is -0.497 e. The number of methoxy groups -OCH3 is 2. The number of rotatable bonds is 10. The molecule has 0 spiro atoms. The Balaban J connectivity index is 1.72. The standard InChI is InChI=1S/C26H31N3O3/c1-19-8-7-9-21(14-19)16-29(17-22-10-5-6-13-27-22)18-26(30)28-20(2)24-15-23(31-3)11-12-25(24)32-4/h5-15,20H,16-18H2,1-4H3,(H,28,30). The van der Waals surface area contributed by atoms with Gasteiger partial charge in [-0.3, -0.25) is 14.7 Å². The van der Waals surface area contributed by atoms with Gasteiger partial charge in [-0.1, -0.05) is 35.9 Å². The topological polar surface area (TPSA) is 63.7 Å². The lowest BCUT2D eigenvalue weighted by Gasteiger charge is -2.24. The van der Waals surface area contributed by atoms with Crippen molar-refractivity contribution in [3.05, 3.63) is 89.2 Å². The third kappa shape index (κ3) is 6.56. The monoisotopic (exact) mass is 433 g/mol. The number of benzene rings is 2. The lowest BCUT2D eigenvalue weighted by molar-refractivity contribution is -0.123. The van der Waals surface area contributed by atoms with Gasteiger partial charge in [0.2, 0.25) is 5.91 Å². The fourth-order valence-electron chi connectivity index (χ4n) is 3.70. The van der Waals surface area contributed by atoms with Crippen molar-refractivity contribution in [3.8, 4) is 11.5 Å². The van der Waals surface area contributed by atoms with E-state index in [0.717, 1.165) is 22.6 Å². The second kappa shape index (κ2) is 11.3. The number of ether oxygens (including phenoxy) is 2. The van der Waals surface area contributed by atoms with Crippen molar-refractivity contribution in [3.63, 3.8) is 0 Å². The van der Waals surface area contributed by atoms with Gasteiger partial charge in [0.1, 0.15) is 11.5 Å². The smallest absolute Gasteiger partial charge is 0.234 e. The van der Waals surface area contributed by atoms with Gasteiger partial charge in [0.25, 0.3) is 0 Å². The molecule has 1 N–H and O–H groups in total. The first-order valence-corrected chi connectivity index (χ1v) is 10.7. The Labute approximate surface area is 190 Å². The van der Waals surface area contributed by atoms with Gasteiger partial charge in [0.05, 0.1) is 32.5 Å². The first-order valence-electron chi connectivity index (χ1n) is 10.7. The van der Waals surface area contributed by atoms with E-state index < -0.39 is 0 Å². The van der Waals surface area contributed by atoms with Crippen LogP contribution in [0.15, 0.2) is 66.9 Å². The fraction of sp³-hybridized carbons (Fsp3) is 0.308. The second-order valence-electron chi connectivity index (χ2n) is 7.85. The number of nitrogens with one attached hydrogen (secondary N) is 1. The maximum absolute atomic E-state index is 13.0. The first-order chi connectivity index (χ1) is 15.5. The highest BCUT2D eigenvalue weighted by molar-refractivity contribution is 5.78. The van der Waals surface area contributed by atoms with Gasteiger partial charge in [-0.05, 0) is 49.7 Å². The summed E-state index contributed by atoms with van der Waals surface area (Å²) in [4.78, 5) is 19.5. The molecule has 0 saturated carbocycles. The molecule has 0 fully saturated rings. The molecular weight excluding hydrogens is 402 g/mol. The summed E-state index contributed by atoms with van der Waals surface area (Å²) in [5, 5.41) is 3.10. The van der Waals surface area contributed by atoms with Gasteiger partial charge in [-0.15, -0.1) is 0 Å². The normalized spacial score (nSPS) is 11.8. The van der Waals surface area contributed by atoms with Crippen LogP contribution in [0.5, 0.6) is 11.5 Å². The van der Waals surface area contributed by atoms with Gasteiger partial charge in [-0.2, -0.15) is 0 Å². The van der Waals surface area contributed by atoms with Crippen molar-refractivity contribution in [2.45, 2.75) is 33.0 Å². The Morgan fingerprint density at radius 3 is 2.56 bits per heavy atom. The zero-order chi connectivity index (χ0) is 22.9. The highest BCUT2D eigenvalue weighted by Gasteiger charge is 2.18. The summed E-state index contributed by atoms with van der Waals surface area (Å²) in [7, 11) is 3.24. The van der Waals surface area contributed by atoms with Crippen molar-refractivity contribution in [2.75, 3.05) is 20.8 Å². The Kier molecular flexibility index (Phi) is 8.22. The van der Waals surface area contributed by atoms with Crippen LogP contribution in [-0.2, 0) is 17.9 Å². The Hall–Kier alpha value is -3.38. The number of amides is 1.